The Kier molecular flexibility index (Phi) is 3.75. The first-order chi connectivity index (χ1) is 6.50. The van der Waals surface area contributed by atoms with Gasteiger partial charge in [0.15, 0.2) is 0 Å². The molecular weight excluding hydrogens is 244 g/mol. The van der Waals surface area contributed by atoms with E-state index in [-0.39, 0.29) is 11.9 Å². The number of carbonyl (C=O) groups excluding carboxylic acids is 1. The molecule has 0 aliphatic heterocycles. The van der Waals surface area contributed by atoms with Crippen LogP contribution in [0.5, 0.6) is 0 Å². The van der Waals surface area contributed by atoms with Crippen LogP contribution >= 0.6 is 15.9 Å². The quantitative estimate of drug-likeness (QED) is 0.860. The highest BCUT2D eigenvalue weighted by Crippen LogP contribution is 2.11. The maximum absolute atomic E-state index is 11.6. The van der Waals surface area contributed by atoms with Crippen LogP contribution in [-0.4, -0.2) is 16.9 Å². The molecule has 14 heavy (non-hydrogen) atoms. The number of amides is 1. The first-order valence-corrected chi connectivity index (χ1v) is 5.44. The molecule has 0 spiro atoms. The molecule has 0 bridgehead atoms. The molecule has 0 saturated carbocycles. The van der Waals surface area contributed by atoms with Gasteiger partial charge in [0.2, 0.25) is 0 Å². The summed E-state index contributed by atoms with van der Waals surface area (Å²) in [6.07, 6.45) is 1.74. The van der Waals surface area contributed by atoms with E-state index in [9.17, 15) is 4.79 Å². The first-order valence-electron chi connectivity index (χ1n) is 4.65. The molecule has 1 unspecified atom stereocenters. The lowest BCUT2D eigenvalue weighted by Crippen LogP contribution is -2.36. The summed E-state index contributed by atoms with van der Waals surface area (Å²) >= 11 is 3.28. The number of aromatic nitrogens is 1. The Hall–Kier alpha value is -0.770. The molecule has 1 atom stereocenters. The molecule has 4 heteroatoms. The van der Waals surface area contributed by atoms with E-state index in [1.165, 1.54) is 0 Å². The normalized spacial score (nSPS) is 12.9. The Morgan fingerprint density at radius 1 is 1.50 bits per heavy atom. The van der Waals surface area contributed by atoms with Crippen molar-refractivity contribution in [1.82, 2.24) is 10.3 Å². The van der Waals surface area contributed by atoms with Gasteiger partial charge in [-0.3, -0.25) is 4.79 Å². The summed E-state index contributed by atoms with van der Waals surface area (Å²) in [5.74, 6) is 0.384. The first kappa shape index (κ1) is 11.3. The number of carbonyl (C=O) groups is 1. The summed E-state index contributed by atoms with van der Waals surface area (Å²) in [4.78, 5) is 14.5. The predicted molar refractivity (Wildman–Crippen MR) is 60.3 cm³/mol. The fourth-order valence-corrected chi connectivity index (χ4v) is 1.29. The Labute approximate surface area is 92.4 Å². The Morgan fingerprint density at radius 2 is 2.14 bits per heavy atom. The largest absolute Gasteiger partial charge is 0.356 e. The standard InChI is InChI=1S/C10H15BrN2O/c1-6(2)7(3)13-10(14)9-4-8(11)5-12-9/h4-7,12H,1-3H3,(H,13,14). The summed E-state index contributed by atoms with van der Waals surface area (Å²) in [7, 11) is 0. The van der Waals surface area contributed by atoms with Crippen molar-refractivity contribution in [2.75, 3.05) is 0 Å². The molecule has 2 N–H and O–H groups in total. The Morgan fingerprint density at radius 3 is 2.57 bits per heavy atom. The third-order valence-electron chi connectivity index (χ3n) is 2.25. The van der Waals surface area contributed by atoms with E-state index >= 15 is 0 Å². The number of halogens is 1. The second-order valence-corrected chi connectivity index (χ2v) is 4.65. The van der Waals surface area contributed by atoms with E-state index in [1.807, 2.05) is 6.92 Å². The molecule has 1 heterocycles. The fourth-order valence-electron chi connectivity index (χ4n) is 0.950. The number of aromatic amines is 1. The van der Waals surface area contributed by atoms with Gasteiger partial charge in [-0.1, -0.05) is 13.8 Å². The molecular formula is C10H15BrN2O. The predicted octanol–water partition coefficient (Wildman–Crippen LogP) is 2.55. The SMILES string of the molecule is CC(C)C(C)NC(=O)c1cc(Br)c[nH]1. The van der Waals surface area contributed by atoms with Gasteiger partial charge < -0.3 is 10.3 Å². The number of H-pyrrole nitrogens is 1. The van der Waals surface area contributed by atoms with Crippen LogP contribution < -0.4 is 5.32 Å². The molecule has 1 rings (SSSR count). The average molecular weight is 259 g/mol. The van der Waals surface area contributed by atoms with Gasteiger partial charge >= 0.3 is 0 Å². The van der Waals surface area contributed by atoms with Crippen molar-refractivity contribution in [3.05, 3.63) is 22.4 Å². The summed E-state index contributed by atoms with van der Waals surface area (Å²) in [6, 6.07) is 1.95. The summed E-state index contributed by atoms with van der Waals surface area (Å²) in [5.41, 5.74) is 0.587. The molecule has 78 valence electrons. The number of hydrogen-bond acceptors (Lipinski definition) is 1. The van der Waals surface area contributed by atoms with Gasteiger partial charge in [0, 0.05) is 16.7 Å². The van der Waals surface area contributed by atoms with E-state index < -0.39 is 0 Å². The lowest BCUT2D eigenvalue weighted by molar-refractivity contribution is 0.0926. The molecule has 0 fully saturated rings. The van der Waals surface area contributed by atoms with Crippen LogP contribution in [0.2, 0.25) is 0 Å². The van der Waals surface area contributed by atoms with Crippen molar-refractivity contribution in [2.24, 2.45) is 5.92 Å². The molecule has 1 amide bonds. The van der Waals surface area contributed by atoms with Crippen LogP contribution in [0.15, 0.2) is 16.7 Å². The lowest BCUT2D eigenvalue weighted by atomic mass is 10.1. The van der Waals surface area contributed by atoms with Crippen molar-refractivity contribution in [2.45, 2.75) is 26.8 Å². The Bertz CT molecular complexity index is 320. The monoisotopic (exact) mass is 258 g/mol. The smallest absolute Gasteiger partial charge is 0.267 e. The van der Waals surface area contributed by atoms with Crippen LogP contribution in [0.1, 0.15) is 31.3 Å². The summed E-state index contributed by atoms with van der Waals surface area (Å²) < 4.78 is 0.889. The van der Waals surface area contributed by atoms with E-state index in [1.54, 1.807) is 12.3 Å². The van der Waals surface area contributed by atoms with Crippen LogP contribution in [0, 0.1) is 5.92 Å². The van der Waals surface area contributed by atoms with Crippen LogP contribution in [0.3, 0.4) is 0 Å². The third kappa shape index (κ3) is 2.87. The summed E-state index contributed by atoms with van der Waals surface area (Å²) in [5, 5.41) is 2.92. The number of rotatable bonds is 3. The fraction of sp³-hybridized carbons (Fsp3) is 0.500. The molecule has 3 nitrogen and oxygen atoms in total. The molecule has 0 radical (unpaired) electrons. The molecule has 1 aromatic rings. The summed E-state index contributed by atoms with van der Waals surface area (Å²) in [6.45, 7) is 6.16. The van der Waals surface area contributed by atoms with Gasteiger partial charge in [0.25, 0.3) is 5.91 Å². The van der Waals surface area contributed by atoms with Crippen molar-refractivity contribution in [3.63, 3.8) is 0 Å². The van der Waals surface area contributed by atoms with E-state index in [2.05, 4.69) is 40.1 Å². The highest BCUT2D eigenvalue weighted by atomic mass is 79.9. The molecule has 1 aromatic heterocycles. The van der Waals surface area contributed by atoms with E-state index in [0.717, 1.165) is 4.47 Å². The lowest BCUT2D eigenvalue weighted by Gasteiger charge is -2.16. The minimum Gasteiger partial charge on any atom is -0.356 e. The van der Waals surface area contributed by atoms with Crippen molar-refractivity contribution >= 4 is 21.8 Å². The van der Waals surface area contributed by atoms with Gasteiger partial charge in [-0.15, -0.1) is 0 Å². The molecule has 0 aliphatic rings. The zero-order valence-electron chi connectivity index (χ0n) is 8.60. The Balaban J connectivity index is 2.59. The van der Waals surface area contributed by atoms with Crippen molar-refractivity contribution in [1.29, 1.82) is 0 Å². The highest BCUT2D eigenvalue weighted by molar-refractivity contribution is 9.10. The topological polar surface area (TPSA) is 44.9 Å². The van der Waals surface area contributed by atoms with Gasteiger partial charge in [-0.25, -0.2) is 0 Å². The van der Waals surface area contributed by atoms with E-state index in [0.29, 0.717) is 11.6 Å². The molecule has 0 aliphatic carbocycles. The minimum absolute atomic E-state index is 0.0584. The molecule has 0 aromatic carbocycles. The minimum atomic E-state index is -0.0584. The van der Waals surface area contributed by atoms with Gasteiger partial charge in [-0.2, -0.15) is 0 Å². The van der Waals surface area contributed by atoms with Crippen LogP contribution in [0.4, 0.5) is 0 Å². The second-order valence-electron chi connectivity index (χ2n) is 3.74. The van der Waals surface area contributed by atoms with Gasteiger partial charge in [0.1, 0.15) is 5.69 Å². The third-order valence-corrected chi connectivity index (χ3v) is 2.71. The van der Waals surface area contributed by atoms with Crippen molar-refractivity contribution < 1.29 is 4.79 Å². The number of hydrogen-bond donors (Lipinski definition) is 2. The van der Waals surface area contributed by atoms with Gasteiger partial charge in [0.05, 0.1) is 0 Å². The zero-order chi connectivity index (χ0) is 10.7. The van der Waals surface area contributed by atoms with Gasteiger partial charge in [-0.05, 0) is 34.8 Å². The number of nitrogens with one attached hydrogen (secondary N) is 2. The molecule has 0 saturated heterocycles. The zero-order valence-corrected chi connectivity index (χ0v) is 10.2. The second kappa shape index (κ2) is 4.64. The average Bonchev–Trinajstić information content (AvgIpc) is 2.51. The maximum atomic E-state index is 11.6. The maximum Gasteiger partial charge on any atom is 0.267 e. The van der Waals surface area contributed by atoms with Crippen LogP contribution in [0.25, 0.3) is 0 Å². The van der Waals surface area contributed by atoms with Crippen molar-refractivity contribution in [3.8, 4) is 0 Å². The van der Waals surface area contributed by atoms with E-state index in [4.69, 9.17) is 0 Å². The highest BCUT2D eigenvalue weighted by Gasteiger charge is 2.13. The van der Waals surface area contributed by atoms with Crippen LogP contribution in [-0.2, 0) is 0 Å².